The summed E-state index contributed by atoms with van der Waals surface area (Å²) in [6.45, 7) is 2.13. The summed E-state index contributed by atoms with van der Waals surface area (Å²) in [7, 11) is 0. The van der Waals surface area contributed by atoms with Gasteiger partial charge in [0.15, 0.2) is 0 Å². The van der Waals surface area contributed by atoms with Crippen molar-refractivity contribution >= 4 is 17.7 Å². The number of tetrazole rings is 1. The number of hydrogen-bond donors (Lipinski definition) is 1. The molecule has 0 saturated carbocycles. The minimum atomic E-state index is -0.400. The molecule has 7 nitrogen and oxygen atoms in total. The SMILES string of the molecule is C[C@H](Sc1nnnn1Cc1ccco1)C(N)=O. The Bertz CT molecular complexity index is 495. The lowest BCUT2D eigenvalue weighted by Gasteiger charge is -2.05. The molecule has 2 aromatic rings. The van der Waals surface area contributed by atoms with E-state index in [0.29, 0.717) is 11.7 Å². The van der Waals surface area contributed by atoms with Crippen LogP contribution in [0.1, 0.15) is 12.7 Å². The van der Waals surface area contributed by atoms with Crippen LogP contribution >= 0.6 is 11.8 Å². The van der Waals surface area contributed by atoms with E-state index in [-0.39, 0.29) is 5.25 Å². The highest BCUT2D eigenvalue weighted by atomic mass is 32.2. The molecule has 2 aromatic heterocycles. The molecule has 0 aliphatic heterocycles. The second-order valence-corrected chi connectivity index (χ2v) is 4.67. The fourth-order valence-electron chi connectivity index (χ4n) is 1.15. The summed E-state index contributed by atoms with van der Waals surface area (Å²) in [6.07, 6.45) is 1.58. The number of primary amides is 1. The van der Waals surface area contributed by atoms with Crippen molar-refractivity contribution in [1.29, 1.82) is 0 Å². The van der Waals surface area contributed by atoms with E-state index in [0.717, 1.165) is 5.76 Å². The summed E-state index contributed by atoms with van der Waals surface area (Å²) in [4.78, 5) is 11.0. The highest BCUT2D eigenvalue weighted by molar-refractivity contribution is 8.00. The van der Waals surface area contributed by atoms with Crippen LogP contribution in [0.3, 0.4) is 0 Å². The van der Waals surface area contributed by atoms with E-state index < -0.39 is 5.91 Å². The number of aromatic nitrogens is 4. The normalized spacial score (nSPS) is 12.5. The maximum absolute atomic E-state index is 11.0. The van der Waals surface area contributed by atoms with Gasteiger partial charge >= 0.3 is 0 Å². The van der Waals surface area contributed by atoms with Crippen molar-refractivity contribution < 1.29 is 9.21 Å². The molecule has 2 heterocycles. The van der Waals surface area contributed by atoms with Crippen LogP contribution in [0.4, 0.5) is 0 Å². The Morgan fingerprint density at radius 2 is 2.53 bits per heavy atom. The second-order valence-electron chi connectivity index (χ2n) is 3.36. The lowest BCUT2D eigenvalue weighted by atomic mass is 10.4. The van der Waals surface area contributed by atoms with Gasteiger partial charge < -0.3 is 10.2 Å². The first kappa shape index (κ1) is 11.6. The van der Waals surface area contributed by atoms with Crippen molar-refractivity contribution in [1.82, 2.24) is 20.2 Å². The lowest BCUT2D eigenvalue weighted by molar-refractivity contribution is -0.117. The van der Waals surface area contributed by atoms with E-state index in [1.54, 1.807) is 23.9 Å². The number of hydrogen-bond acceptors (Lipinski definition) is 6. The molecule has 0 aromatic carbocycles. The van der Waals surface area contributed by atoms with Crippen molar-refractivity contribution in [3.63, 3.8) is 0 Å². The largest absolute Gasteiger partial charge is 0.467 e. The molecule has 0 aliphatic rings. The molecule has 90 valence electrons. The highest BCUT2D eigenvalue weighted by Gasteiger charge is 2.16. The predicted molar refractivity (Wildman–Crippen MR) is 60.1 cm³/mol. The minimum absolute atomic E-state index is 0.378. The lowest BCUT2D eigenvalue weighted by Crippen LogP contribution is -2.23. The van der Waals surface area contributed by atoms with Crippen molar-refractivity contribution in [3.05, 3.63) is 24.2 Å². The first-order chi connectivity index (χ1) is 8.16. The third kappa shape index (κ3) is 2.84. The van der Waals surface area contributed by atoms with Gasteiger partial charge in [0.1, 0.15) is 12.3 Å². The Morgan fingerprint density at radius 1 is 1.71 bits per heavy atom. The zero-order valence-electron chi connectivity index (χ0n) is 9.11. The van der Waals surface area contributed by atoms with Crippen molar-refractivity contribution in [2.75, 3.05) is 0 Å². The van der Waals surface area contributed by atoms with E-state index in [1.165, 1.54) is 11.8 Å². The predicted octanol–water partition coefficient (Wildman–Crippen LogP) is 0.280. The Kier molecular flexibility index (Phi) is 3.43. The third-order valence-electron chi connectivity index (χ3n) is 2.07. The van der Waals surface area contributed by atoms with E-state index in [4.69, 9.17) is 10.2 Å². The molecule has 2 rings (SSSR count). The van der Waals surface area contributed by atoms with E-state index >= 15 is 0 Å². The summed E-state index contributed by atoms with van der Waals surface area (Å²) < 4.78 is 6.76. The zero-order chi connectivity index (χ0) is 12.3. The van der Waals surface area contributed by atoms with Gasteiger partial charge in [-0.05, 0) is 29.5 Å². The molecule has 0 spiro atoms. The van der Waals surface area contributed by atoms with Gasteiger partial charge in [-0.25, -0.2) is 4.68 Å². The maximum atomic E-state index is 11.0. The monoisotopic (exact) mass is 253 g/mol. The number of thioether (sulfide) groups is 1. The Morgan fingerprint density at radius 3 is 3.18 bits per heavy atom. The summed E-state index contributed by atoms with van der Waals surface area (Å²) in [5, 5.41) is 11.4. The van der Waals surface area contributed by atoms with Crippen LogP contribution in [0.2, 0.25) is 0 Å². The fraction of sp³-hybridized carbons (Fsp3) is 0.333. The molecule has 8 heteroatoms. The molecule has 0 fully saturated rings. The minimum Gasteiger partial charge on any atom is -0.467 e. The number of carbonyl (C=O) groups excluding carboxylic acids is 1. The van der Waals surface area contributed by atoms with E-state index in [9.17, 15) is 4.79 Å². The average molecular weight is 253 g/mol. The molecule has 0 aliphatic carbocycles. The number of nitrogens with two attached hydrogens (primary N) is 1. The standard InChI is InChI=1S/C9H11N5O2S/c1-6(8(10)15)17-9-11-12-13-14(9)5-7-3-2-4-16-7/h2-4,6H,5H2,1H3,(H2,10,15)/t6-/m0/s1. The highest BCUT2D eigenvalue weighted by Crippen LogP contribution is 2.20. The van der Waals surface area contributed by atoms with Gasteiger partial charge in [0.05, 0.1) is 11.5 Å². The number of rotatable bonds is 5. The number of nitrogens with zero attached hydrogens (tertiary/aromatic N) is 4. The molecule has 1 atom stereocenters. The zero-order valence-corrected chi connectivity index (χ0v) is 9.92. The molecule has 0 radical (unpaired) electrons. The van der Waals surface area contributed by atoms with Gasteiger partial charge in [0, 0.05) is 0 Å². The molecular weight excluding hydrogens is 242 g/mol. The van der Waals surface area contributed by atoms with Crippen LogP contribution in [0, 0.1) is 0 Å². The van der Waals surface area contributed by atoms with Crippen molar-refractivity contribution in [2.45, 2.75) is 23.9 Å². The first-order valence-electron chi connectivity index (χ1n) is 4.91. The van der Waals surface area contributed by atoms with E-state index in [2.05, 4.69) is 15.5 Å². The van der Waals surface area contributed by atoms with Gasteiger partial charge in [-0.1, -0.05) is 11.8 Å². The van der Waals surface area contributed by atoms with Gasteiger partial charge in [-0.3, -0.25) is 4.79 Å². The number of carbonyl (C=O) groups is 1. The molecule has 17 heavy (non-hydrogen) atoms. The summed E-state index contributed by atoms with van der Waals surface area (Å²) >= 11 is 1.22. The molecule has 0 saturated heterocycles. The van der Waals surface area contributed by atoms with Crippen LogP contribution in [-0.2, 0) is 11.3 Å². The first-order valence-corrected chi connectivity index (χ1v) is 5.79. The van der Waals surface area contributed by atoms with E-state index in [1.807, 2.05) is 6.07 Å². The number of amides is 1. The van der Waals surface area contributed by atoms with Crippen LogP contribution in [0.5, 0.6) is 0 Å². The fourth-order valence-corrected chi connectivity index (χ4v) is 1.89. The Hall–Kier alpha value is -1.83. The van der Waals surface area contributed by atoms with Gasteiger partial charge in [-0.2, -0.15) is 0 Å². The average Bonchev–Trinajstić information content (AvgIpc) is 2.91. The molecular formula is C9H11N5O2S. The third-order valence-corrected chi connectivity index (χ3v) is 3.16. The van der Waals surface area contributed by atoms with Crippen LogP contribution in [0.25, 0.3) is 0 Å². The van der Waals surface area contributed by atoms with Gasteiger partial charge in [0.25, 0.3) is 0 Å². The van der Waals surface area contributed by atoms with Crippen LogP contribution in [-0.4, -0.2) is 31.4 Å². The molecule has 2 N–H and O–H groups in total. The van der Waals surface area contributed by atoms with Crippen LogP contribution in [0.15, 0.2) is 28.0 Å². The quantitative estimate of drug-likeness (QED) is 0.768. The van der Waals surface area contributed by atoms with Gasteiger partial charge in [0.2, 0.25) is 11.1 Å². The van der Waals surface area contributed by atoms with Crippen molar-refractivity contribution in [2.24, 2.45) is 5.73 Å². The topological polar surface area (TPSA) is 99.8 Å². The molecule has 0 unspecified atom stereocenters. The van der Waals surface area contributed by atoms with Gasteiger partial charge in [-0.15, -0.1) is 5.10 Å². The summed E-state index contributed by atoms with van der Waals surface area (Å²) in [6, 6.07) is 3.62. The smallest absolute Gasteiger partial charge is 0.230 e. The number of furan rings is 1. The molecule has 0 bridgehead atoms. The molecule has 1 amide bonds. The van der Waals surface area contributed by atoms with Crippen LogP contribution < -0.4 is 5.73 Å². The maximum Gasteiger partial charge on any atom is 0.230 e. The Balaban J connectivity index is 2.09. The second kappa shape index (κ2) is 5.00. The summed E-state index contributed by atoms with van der Waals surface area (Å²) in [5.41, 5.74) is 5.18. The Labute approximate surface area is 101 Å². The van der Waals surface area contributed by atoms with Crippen molar-refractivity contribution in [3.8, 4) is 0 Å². The summed E-state index contributed by atoms with van der Waals surface area (Å²) in [5.74, 6) is 0.341.